The molecular weight excluding hydrogens is 300 g/mol. The number of rotatable bonds is 6. The van der Waals surface area contributed by atoms with Gasteiger partial charge in [0.2, 0.25) is 12.1 Å². The molecule has 6 nitrogen and oxygen atoms in total. The number of ether oxygens (including phenoxy) is 4. The summed E-state index contributed by atoms with van der Waals surface area (Å²) in [5.41, 5.74) is 0.970. The first-order chi connectivity index (χ1) is 10.9. The number of carbonyl (C=O) groups is 2. The Morgan fingerprint density at radius 2 is 1.83 bits per heavy atom. The fourth-order valence-electron chi connectivity index (χ4n) is 2.21. The summed E-state index contributed by atoms with van der Waals surface area (Å²) in [4.78, 5) is 23.5. The van der Waals surface area contributed by atoms with Crippen molar-refractivity contribution >= 4 is 11.9 Å². The summed E-state index contributed by atoms with van der Waals surface area (Å²) < 4.78 is 21.3. The van der Waals surface area contributed by atoms with Gasteiger partial charge in [0.15, 0.2) is 0 Å². The molecular formula is C17H20O6. The van der Waals surface area contributed by atoms with Gasteiger partial charge in [0.25, 0.3) is 0 Å². The Morgan fingerprint density at radius 1 is 1.22 bits per heavy atom. The quantitative estimate of drug-likeness (QED) is 0.455. The summed E-state index contributed by atoms with van der Waals surface area (Å²) in [6, 6.07) is 9.19. The van der Waals surface area contributed by atoms with E-state index in [2.05, 4.69) is 6.58 Å². The summed E-state index contributed by atoms with van der Waals surface area (Å²) in [5, 5.41) is 0. The van der Waals surface area contributed by atoms with E-state index in [0.717, 1.165) is 5.56 Å². The second-order valence-corrected chi connectivity index (χ2v) is 5.24. The molecule has 1 atom stereocenters. The van der Waals surface area contributed by atoms with Crippen LogP contribution in [0, 0.1) is 0 Å². The first kappa shape index (κ1) is 17.2. The van der Waals surface area contributed by atoms with Crippen LogP contribution in [0.2, 0.25) is 0 Å². The first-order valence-corrected chi connectivity index (χ1v) is 7.32. The highest BCUT2D eigenvalue weighted by Crippen LogP contribution is 2.35. The van der Waals surface area contributed by atoms with Gasteiger partial charge in [-0.3, -0.25) is 4.79 Å². The average molecular weight is 320 g/mol. The Kier molecular flexibility index (Phi) is 5.52. The van der Waals surface area contributed by atoms with E-state index in [1.54, 1.807) is 0 Å². The molecule has 0 saturated carbocycles. The van der Waals surface area contributed by atoms with Gasteiger partial charge in [0.05, 0.1) is 13.2 Å². The first-order valence-electron chi connectivity index (χ1n) is 7.32. The summed E-state index contributed by atoms with van der Waals surface area (Å²) >= 11 is 0. The molecule has 0 aromatic heterocycles. The zero-order valence-electron chi connectivity index (χ0n) is 13.2. The third kappa shape index (κ3) is 4.40. The summed E-state index contributed by atoms with van der Waals surface area (Å²) in [7, 11) is 0. The van der Waals surface area contributed by atoms with E-state index >= 15 is 0 Å². The van der Waals surface area contributed by atoms with Crippen molar-refractivity contribution in [3.05, 3.63) is 48.0 Å². The third-order valence-corrected chi connectivity index (χ3v) is 3.26. The largest absolute Gasteiger partial charge is 0.425 e. The van der Waals surface area contributed by atoms with Crippen molar-refractivity contribution in [3.63, 3.8) is 0 Å². The number of carbonyl (C=O) groups excluding carboxylic acids is 2. The lowest BCUT2D eigenvalue weighted by atomic mass is 10.0. The minimum atomic E-state index is -1.16. The molecule has 0 aliphatic carbocycles. The van der Waals surface area contributed by atoms with Crippen molar-refractivity contribution in [2.24, 2.45) is 0 Å². The van der Waals surface area contributed by atoms with Gasteiger partial charge < -0.3 is 18.9 Å². The molecule has 124 valence electrons. The van der Waals surface area contributed by atoms with Crippen molar-refractivity contribution in [2.45, 2.75) is 32.3 Å². The highest BCUT2D eigenvalue weighted by Gasteiger charge is 2.41. The van der Waals surface area contributed by atoms with Crippen molar-refractivity contribution in [1.29, 1.82) is 0 Å². The van der Waals surface area contributed by atoms with E-state index in [-0.39, 0.29) is 12.0 Å². The SMILES string of the molecule is C=C(C)C(=O)OC(C)OC(=O)CC1(c2ccccc2)OCCO1. The predicted molar refractivity (Wildman–Crippen MR) is 81.1 cm³/mol. The van der Waals surface area contributed by atoms with Crippen LogP contribution >= 0.6 is 0 Å². The maximum absolute atomic E-state index is 12.1. The molecule has 0 N–H and O–H groups in total. The van der Waals surface area contributed by atoms with Gasteiger partial charge in [-0.05, 0) is 6.92 Å². The molecule has 1 fully saturated rings. The van der Waals surface area contributed by atoms with E-state index in [1.807, 2.05) is 30.3 Å². The Balaban J connectivity index is 1.99. The van der Waals surface area contributed by atoms with Crippen molar-refractivity contribution in [3.8, 4) is 0 Å². The standard InChI is InChI=1S/C17H20O6/c1-12(2)16(19)23-13(3)22-15(18)11-17(20-9-10-21-17)14-7-5-4-6-8-14/h4-8,13H,1,9-11H2,2-3H3. The predicted octanol–water partition coefficient (Wildman–Crippen LogP) is 2.28. The number of esters is 2. The summed E-state index contributed by atoms with van der Waals surface area (Å²) in [6.07, 6.45) is -1.15. The van der Waals surface area contributed by atoms with Gasteiger partial charge in [-0.25, -0.2) is 4.79 Å². The highest BCUT2D eigenvalue weighted by molar-refractivity contribution is 5.87. The van der Waals surface area contributed by atoms with Crippen molar-refractivity contribution < 1.29 is 28.5 Å². The monoisotopic (exact) mass is 320 g/mol. The van der Waals surface area contributed by atoms with E-state index in [9.17, 15) is 9.59 Å². The van der Waals surface area contributed by atoms with E-state index in [1.165, 1.54) is 13.8 Å². The molecule has 0 amide bonds. The minimum Gasteiger partial charge on any atom is -0.425 e. The van der Waals surface area contributed by atoms with Crippen LogP contribution in [0.15, 0.2) is 42.5 Å². The molecule has 2 rings (SSSR count). The van der Waals surface area contributed by atoms with Crippen molar-refractivity contribution in [2.75, 3.05) is 13.2 Å². The molecule has 0 bridgehead atoms. The summed E-state index contributed by atoms with van der Waals surface area (Å²) in [5.74, 6) is -2.36. The molecule has 1 unspecified atom stereocenters. The zero-order chi connectivity index (χ0) is 16.9. The fraction of sp³-hybridized carbons (Fsp3) is 0.412. The van der Waals surface area contributed by atoms with Gasteiger partial charge in [-0.2, -0.15) is 0 Å². The van der Waals surface area contributed by atoms with E-state index < -0.39 is 24.0 Å². The maximum Gasteiger partial charge on any atom is 0.336 e. The van der Waals surface area contributed by atoms with Gasteiger partial charge in [-0.15, -0.1) is 0 Å². The molecule has 0 radical (unpaired) electrons. The molecule has 1 aliphatic rings. The molecule has 1 aromatic carbocycles. The lowest BCUT2D eigenvalue weighted by Crippen LogP contribution is -2.33. The van der Waals surface area contributed by atoms with Crippen LogP contribution in [-0.4, -0.2) is 31.4 Å². The maximum atomic E-state index is 12.1. The molecule has 6 heteroatoms. The lowest BCUT2D eigenvalue weighted by molar-refractivity contribution is -0.204. The van der Waals surface area contributed by atoms with Crippen LogP contribution in [-0.2, 0) is 34.3 Å². The lowest BCUT2D eigenvalue weighted by Gasteiger charge is -2.27. The number of hydrogen-bond acceptors (Lipinski definition) is 6. The molecule has 23 heavy (non-hydrogen) atoms. The van der Waals surface area contributed by atoms with Gasteiger partial charge in [0.1, 0.15) is 6.42 Å². The number of hydrogen-bond donors (Lipinski definition) is 0. The second kappa shape index (κ2) is 7.39. The Hall–Kier alpha value is -2.18. The van der Waals surface area contributed by atoms with Crippen LogP contribution in [0.5, 0.6) is 0 Å². The topological polar surface area (TPSA) is 71.1 Å². The average Bonchev–Trinajstić information content (AvgIpc) is 2.97. The minimum absolute atomic E-state index is 0.133. The van der Waals surface area contributed by atoms with Gasteiger partial charge in [-0.1, -0.05) is 36.9 Å². The molecule has 1 aliphatic heterocycles. The smallest absolute Gasteiger partial charge is 0.336 e. The third-order valence-electron chi connectivity index (χ3n) is 3.26. The van der Waals surface area contributed by atoms with Crippen LogP contribution in [0.25, 0.3) is 0 Å². The van der Waals surface area contributed by atoms with Crippen molar-refractivity contribution in [1.82, 2.24) is 0 Å². The molecule has 1 aromatic rings. The Bertz CT molecular complexity index is 574. The van der Waals surface area contributed by atoms with E-state index in [0.29, 0.717) is 13.2 Å². The second-order valence-electron chi connectivity index (χ2n) is 5.24. The summed E-state index contributed by atoms with van der Waals surface area (Å²) in [6.45, 7) is 7.23. The van der Waals surface area contributed by atoms with Crippen LogP contribution in [0.3, 0.4) is 0 Å². The van der Waals surface area contributed by atoms with Crippen LogP contribution in [0.1, 0.15) is 25.8 Å². The highest BCUT2D eigenvalue weighted by atomic mass is 16.7. The fourth-order valence-corrected chi connectivity index (χ4v) is 2.21. The normalized spacial score (nSPS) is 17.3. The Morgan fingerprint density at radius 3 is 2.39 bits per heavy atom. The number of benzene rings is 1. The van der Waals surface area contributed by atoms with Crippen LogP contribution < -0.4 is 0 Å². The Labute approximate surface area is 135 Å². The van der Waals surface area contributed by atoms with Gasteiger partial charge in [0, 0.05) is 18.1 Å². The zero-order valence-corrected chi connectivity index (χ0v) is 13.2. The molecule has 1 heterocycles. The van der Waals surface area contributed by atoms with Crippen LogP contribution in [0.4, 0.5) is 0 Å². The molecule has 0 spiro atoms. The van der Waals surface area contributed by atoms with E-state index in [4.69, 9.17) is 18.9 Å². The van der Waals surface area contributed by atoms with Gasteiger partial charge >= 0.3 is 11.9 Å². The molecule has 1 saturated heterocycles.